The van der Waals surface area contributed by atoms with Crippen LogP contribution in [0.1, 0.15) is 24.8 Å². The van der Waals surface area contributed by atoms with Crippen molar-refractivity contribution in [2.45, 2.75) is 26.7 Å². The molecule has 3 nitrogen and oxygen atoms in total. The summed E-state index contributed by atoms with van der Waals surface area (Å²) in [6, 6.07) is 6.21. The summed E-state index contributed by atoms with van der Waals surface area (Å²) in [4.78, 5) is 4.33. The minimum atomic E-state index is 0.784. The van der Waals surface area contributed by atoms with E-state index in [-0.39, 0.29) is 0 Å². The maximum absolute atomic E-state index is 5.80. The number of benzene rings is 1. The van der Waals surface area contributed by atoms with E-state index in [1.54, 1.807) is 6.20 Å². The Kier molecular flexibility index (Phi) is 5.16. The monoisotopic (exact) mass is 322 g/mol. The average molecular weight is 323 g/mol. The number of hydrogen-bond donors (Lipinski definition) is 1. The summed E-state index contributed by atoms with van der Waals surface area (Å²) in [7, 11) is 0. The predicted molar refractivity (Wildman–Crippen MR) is 81.2 cm³/mol. The van der Waals surface area contributed by atoms with Gasteiger partial charge in [0, 0.05) is 23.0 Å². The second-order valence-electron chi connectivity index (χ2n) is 4.60. The molecule has 0 spiro atoms. The molecule has 0 aliphatic heterocycles. The van der Waals surface area contributed by atoms with Gasteiger partial charge in [-0.2, -0.15) is 0 Å². The molecule has 4 heteroatoms. The predicted octanol–water partition coefficient (Wildman–Crippen LogP) is 3.95. The summed E-state index contributed by atoms with van der Waals surface area (Å²) in [5.41, 5.74) is 2.26. The van der Waals surface area contributed by atoms with Crippen molar-refractivity contribution in [2.24, 2.45) is 0 Å². The number of oxazole rings is 1. The molecular formula is C15H19BrN2O. The van der Waals surface area contributed by atoms with E-state index in [2.05, 4.69) is 52.2 Å². The van der Waals surface area contributed by atoms with Crippen molar-refractivity contribution >= 4 is 15.9 Å². The molecule has 0 unspecified atom stereocenters. The van der Waals surface area contributed by atoms with Gasteiger partial charge in [0.2, 0.25) is 0 Å². The molecule has 0 saturated carbocycles. The maximum atomic E-state index is 5.80. The van der Waals surface area contributed by atoms with Crippen LogP contribution in [0.5, 0.6) is 0 Å². The first-order chi connectivity index (χ1) is 9.20. The second kappa shape index (κ2) is 6.87. The third-order valence-electron chi connectivity index (χ3n) is 2.88. The SMILES string of the molecule is CCCNCCc1ncc(-c2cc(C)ccc2Br)o1. The van der Waals surface area contributed by atoms with E-state index in [1.807, 2.05) is 6.07 Å². The minimum absolute atomic E-state index is 0.784. The van der Waals surface area contributed by atoms with Crippen molar-refractivity contribution in [3.05, 3.63) is 40.3 Å². The molecule has 0 bridgehead atoms. The highest BCUT2D eigenvalue weighted by molar-refractivity contribution is 9.10. The van der Waals surface area contributed by atoms with E-state index >= 15 is 0 Å². The Balaban J connectivity index is 2.06. The number of aromatic nitrogens is 1. The summed E-state index contributed by atoms with van der Waals surface area (Å²) < 4.78 is 6.84. The van der Waals surface area contributed by atoms with Crippen molar-refractivity contribution in [1.29, 1.82) is 0 Å². The molecule has 0 atom stereocenters. The number of rotatable bonds is 6. The lowest BCUT2D eigenvalue weighted by Crippen LogP contribution is -2.17. The molecule has 1 heterocycles. The zero-order chi connectivity index (χ0) is 13.7. The Morgan fingerprint density at radius 3 is 2.95 bits per heavy atom. The van der Waals surface area contributed by atoms with Crippen molar-refractivity contribution in [3.8, 4) is 11.3 Å². The van der Waals surface area contributed by atoms with Crippen LogP contribution in [0.15, 0.2) is 33.3 Å². The second-order valence-corrected chi connectivity index (χ2v) is 5.46. The molecule has 1 aromatic carbocycles. The van der Waals surface area contributed by atoms with Crippen LogP contribution in [0, 0.1) is 6.92 Å². The number of nitrogens with zero attached hydrogens (tertiary/aromatic N) is 1. The van der Waals surface area contributed by atoms with Crippen LogP contribution in [0.3, 0.4) is 0 Å². The van der Waals surface area contributed by atoms with Crippen LogP contribution < -0.4 is 5.32 Å². The van der Waals surface area contributed by atoms with Crippen LogP contribution in [0.2, 0.25) is 0 Å². The van der Waals surface area contributed by atoms with Crippen LogP contribution in [-0.4, -0.2) is 18.1 Å². The van der Waals surface area contributed by atoms with Gasteiger partial charge in [-0.3, -0.25) is 0 Å². The largest absolute Gasteiger partial charge is 0.441 e. The van der Waals surface area contributed by atoms with Gasteiger partial charge < -0.3 is 9.73 Å². The van der Waals surface area contributed by atoms with Gasteiger partial charge in [0.15, 0.2) is 11.7 Å². The van der Waals surface area contributed by atoms with Gasteiger partial charge in [-0.15, -0.1) is 0 Å². The molecule has 2 rings (SSSR count). The zero-order valence-electron chi connectivity index (χ0n) is 11.4. The van der Waals surface area contributed by atoms with Crippen molar-refractivity contribution in [2.75, 3.05) is 13.1 Å². The van der Waals surface area contributed by atoms with E-state index < -0.39 is 0 Å². The molecule has 102 valence electrons. The van der Waals surface area contributed by atoms with Gasteiger partial charge >= 0.3 is 0 Å². The Bertz CT molecular complexity index is 537. The van der Waals surface area contributed by atoms with Crippen LogP contribution in [-0.2, 0) is 6.42 Å². The van der Waals surface area contributed by atoms with Gasteiger partial charge in [0.1, 0.15) is 0 Å². The molecule has 0 aliphatic rings. The number of hydrogen-bond acceptors (Lipinski definition) is 3. The van der Waals surface area contributed by atoms with Gasteiger partial charge in [0.25, 0.3) is 0 Å². The van der Waals surface area contributed by atoms with E-state index in [0.29, 0.717) is 0 Å². The Morgan fingerprint density at radius 1 is 1.32 bits per heavy atom. The topological polar surface area (TPSA) is 38.1 Å². The number of halogens is 1. The standard InChI is InChI=1S/C15H19BrN2O/c1-3-7-17-8-6-15-18-10-14(19-15)12-9-11(2)4-5-13(12)16/h4-5,9-10,17H,3,6-8H2,1-2H3. The number of nitrogens with one attached hydrogen (secondary N) is 1. The fourth-order valence-corrected chi connectivity index (χ4v) is 2.32. The zero-order valence-corrected chi connectivity index (χ0v) is 13.0. The van der Waals surface area contributed by atoms with Gasteiger partial charge in [0.05, 0.1) is 6.20 Å². The summed E-state index contributed by atoms with van der Waals surface area (Å²) >= 11 is 3.55. The van der Waals surface area contributed by atoms with Crippen molar-refractivity contribution in [1.82, 2.24) is 10.3 Å². The van der Waals surface area contributed by atoms with E-state index in [0.717, 1.165) is 47.6 Å². The minimum Gasteiger partial charge on any atom is -0.441 e. The van der Waals surface area contributed by atoms with E-state index in [9.17, 15) is 0 Å². The number of aryl methyl sites for hydroxylation is 1. The van der Waals surface area contributed by atoms with Gasteiger partial charge in [-0.1, -0.05) is 34.5 Å². The lowest BCUT2D eigenvalue weighted by Gasteiger charge is -2.02. The van der Waals surface area contributed by atoms with E-state index in [4.69, 9.17) is 4.42 Å². The van der Waals surface area contributed by atoms with E-state index in [1.165, 1.54) is 5.56 Å². The fourth-order valence-electron chi connectivity index (χ4n) is 1.88. The normalized spacial score (nSPS) is 10.9. The molecule has 1 N–H and O–H groups in total. The highest BCUT2D eigenvalue weighted by Crippen LogP contribution is 2.29. The maximum Gasteiger partial charge on any atom is 0.196 e. The molecule has 0 fully saturated rings. The molecule has 0 radical (unpaired) electrons. The molecular weight excluding hydrogens is 304 g/mol. The Hall–Kier alpha value is -1.13. The highest BCUT2D eigenvalue weighted by Gasteiger charge is 2.09. The first-order valence-electron chi connectivity index (χ1n) is 6.62. The Morgan fingerprint density at radius 2 is 2.16 bits per heavy atom. The van der Waals surface area contributed by atoms with Gasteiger partial charge in [-0.25, -0.2) is 4.98 Å². The molecule has 19 heavy (non-hydrogen) atoms. The van der Waals surface area contributed by atoms with Crippen molar-refractivity contribution < 1.29 is 4.42 Å². The van der Waals surface area contributed by atoms with Crippen LogP contribution in [0.4, 0.5) is 0 Å². The summed E-state index contributed by atoms with van der Waals surface area (Å²) in [6.07, 6.45) is 3.77. The fraction of sp³-hybridized carbons (Fsp3) is 0.400. The summed E-state index contributed by atoms with van der Waals surface area (Å²) in [6.45, 7) is 6.17. The summed E-state index contributed by atoms with van der Waals surface area (Å²) in [5.74, 6) is 1.60. The first-order valence-corrected chi connectivity index (χ1v) is 7.42. The molecule has 1 aromatic heterocycles. The third kappa shape index (κ3) is 3.91. The van der Waals surface area contributed by atoms with Crippen LogP contribution in [0.25, 0.3) is 11.3 Å². The third-order valence-corrected chi connectivity index (χ3v) is 3.57. The highest BCUT2D eigenvalue weighted by atomic mass is 79.9. The molecule has 0 amide bonds. The lowest BCUT2D eigenvalue weighted by atomic mass is 10.1. The average Bonchev–Trinajstić information content (AvgIpc) is 2.86. The smallest absolute Gasteiger partial charge is 0.196 e. The van der Waals surface area contributed by atoms with Crippen molar-refractivity contribution in [3.63, 3.8) is 0 Å². The quantitative estimate of drug-likeness (QED) is 0.818. The summed E-state index contributed by atoms with van der Waals surface area (Å²) in [5, 5.41) is 3.34. The molecule has 2 aromatic rings. The van der Waals surface area contributed by atoms with Gasteiger partial charge in [-0.05, 0) is 32.0 Å². The Labute approximate surface area is 122 Å². The van der Waals surface area contributed by atoms with Crippen LogP contribution >= 0.6 is 15.9 Å². The first kappa shape index (κ1) is 14.3. The lowest BCUT2D eigenvalue weighted by molar-refractivity contribution is 0.494. The molecule has 0 aliphatic carbocycles. The molecule has 0 saturated heterocycles.